The summed E-state index contributed by atoms with van der Waals surface area (Å²) in [7, 11) is 1.86. The smallest absolute Gasteiger partial charge is 0.159 e. The van der Waals surface area contributed by atoms with Crippen molar-refractivity contribution in [3.8, 4) is 22.6 Å². The third kappa shape index (κ3) is 4.20. The predicted molar refractivity (Wildman–Crippen MR) is 129 cm³/mol. The molecule has 5 aromatic rings. The molecule has 0 saturated heterocycles. The molecule has 9 heteroatoms. The molecular formula is C25H24N8O. The second-order valence-corrected chi connectivity index (χ2v) is 8.41. The summed E-state index contributed by atoms with van der Waals surface area (Å²) in [6, 6.07) is 13.6. The highest BCUT2D eigenvalue weighted by molar-refractivity contribution is 5.87. The molecule has 0 saturated carbocycles. The normalized spacial score (nSPS) is 11.7. The van der Waals surface area contributed by atoms with Crippen molar-refractivity contribution >= 4 is 16.7 Å². The van der Waals surface area contributed by atoms with Gasteiger partial charge in [0.25, 0.3) is 0 Å². The quantitative estimate of drug-likeness (QED) is 0.412. The summed E-state index contributed by atoms with van der Waals surface area (Å²) >= 11 is 0. The van der Waals surface area contributed by atoms with Gasteiger partial charge in [-0.15, -0.1) is 0 Å². The van der Waals surface area contributed by atoms with E-state index in [2.05, 4.69) is 20.1 Å². The van der Waals surface area contributed by atoms with Gasteiger partial charge in [0.05, 0.1) is 17.8 Å². The molecule has 0 unspecified atom stereocenters. The van der Waals surface area contributed by atoms with E-state index in [1.165, 1.54) is 0 Å². The second-order valence-electron chi connectivity index (χ2n) is 8.41. The minimum Gasteiger partial charge on any atom is -0.382 e. The Labute approximate surface area is 196 Å². The summed E-state index contributed by atoms with van der Waals surface area (Å²) in [5.41, 5.74) is 9.90. The number of nitrogens with two attached hydrogens (primary N) is 1. The van der Waals surface area contributed by atoms with Gasteiger partial charge in [-0.3, -0.25) is 9.67 Å². The molecule has 0 bridgehead atoms. The van der Waals surface area contributed by atoms with Crippen LogP contribution < -0.4 is 5.73 Å². The molecule has 2 N–H and O–H groups in total. The Kier molecular flexibility index (Phi) is 5.46. The van der Waals surface area contributed by atoms with E-state index in [0.29, 0.717) is 28.6 Å². The summed E-state index contributed by atoms with van der Waals surface area (Å²) < 4.78 is 7.88. The molecule has 0 spiro atoms. The number of rotatable bonds is 6. The molecule has 1 aromatic carbocycles. The predicted octanol–water partition coefficient (Wildman–Crippen LogP) is 3.92. The van der Waals surface area contributed by atoms with Crippen LogP contribution in [0.15, 0.2) is 67.3 Å². The Bertz CT molecular complexity index is 1460. The van der Waals surface area contributed by atoms with E-state index in [0.717, 1.165) is 16.5 Å². The van der Waals surface area contributed by atoms with Crippen LogP contribution >= 0.6 is 0 Å². The van der Waals surface area contributed by atoms with Gasteiger partial charge in [-0.25, -0.2) is 19.9 Å². The minimum absolute atomic E-state index is 0.148. The highest BCUT2D eigenvalue weighted by atomic mass is 16.5. The minimum atomic E-state index is -0.732. The van der Waals surface area contributed by atoms with Crippen molar-refractivity contribution in [1.29, 1.82) is 0 Å². The van der Waals surface area contributed by atoms with Crippen LogP contribution in [-0.2, 0) is 24.0 Å². The first kappa shape index (κ1) is 21.6. The van der Waals surface area contributed by atoms with Crippen molar-refractivity contribution in [1.82, 2.24) is 34.7 Å². The van der Waals surface area contributed by atoms with Crippen LogP contribution in [0.5, 0.6) is 0 Å². The lowest BCUT2D eigenvalue weighted by Crippen LogP contribution is -2.25. The van der Waals surface area contributed by atoms with Crippen LogP contribution in [0.3, 0.4) is 0 Å². The van der Waals surface area contributed by atoms with Gasteiger partial charge < -0.3 is 10.5 Å². The summed E-state index contributed by atoms with van der Waals surface area (Å²) in [6.07, 6.45) is 7.02. The maximum Gasteiger partial charge on any atom is 0.159 e. The maximum absolute atomic E-state index is 6.34. The van der Waals surface area contributed by atoms with Gasteiger partial charge in [0, 0.05) is 42.8 Å². The van der Waals surface area contributed by atoms with Crippen LogP contribution in [-0.4, -0.2) is 34.7 Å². The van der Waals surface area contributed by atoms with Crippen LogP contribution in [0.4, 0.5) is 5.82 Å². The zero-order valence-electron chi connectivity index (χ0n) is 19.2. The van der Waals surface area contributed by atoms with E-state index < -0.39 is 5.60 Å². The number of nitrogens with zero attached hydrogens (tertiary/aromatic N) is 7. The fraction of sp³-hybridized carbons (Fsp3) is 0.200. The molecule has 0 fully saturated rings. The molecule has 34 heavy (non-hydrogen) atoms. The van der Waals surface area contributed by atoms with E-state index in [1.54, 1.807) is 29.3 Å². The van der Waals surface area contributed by atoms with E-state index in [1.807, 2.05) is 63.5 Å². The highest BCUT2D eigenvalue weighted by Gasteiger charge is 2.26. The van der Waals surface area contributed by atoms with Gasteiger partial charge in [-0.2, -0.15) is 5.10 Å². The van der Waals surface area contributed by atoms with Crippen molar-refractivity contribution in [3.05, 3.63) is 78.8 Å². The number of nitrogen functional groups attached to an aromatic ring is 1. The fourth-order valence-corrected chi connectivity index (χ4v) is 3.66. The molecular weight excluding hydrogens is 428 g/mol. The molecule has 0 aliphatic heterocycles. The Morgan fingerprint density at radius 3 is 2.50 bits per heavy atom. The lowest BCUT2D eigenvalue weighted by atomic mass is 10.0. The molecule has 0 aliphatic rings. The third-order valence-corrected chi connectivity index (χ3v) is 5.51. The van der Waals surface area contributed by atoms with Crippen LogP contribution in [0.1, 0.15) is 25.4 Å². The van der Waals surface area contributed by atoms with Gasteiger partial charge in [-0.05, 0) is 44.2 Å². The molecule has 5 rings (SSSR count). The number of ether oxygens (including phenoxy) is 1. The second kappa shape index (κ2) is 8.60. The fourth-order valence-electron chi connectivity index (χ4n) is 3.66. The summed E-state index contributed by atoms with van der Waals surface area (Å²) in [4.78, 5) is 22.7. The Morgan fingerprint density at radius 2 is 1.74 bits per heavy atom. The topological polar surface area (TPSA) is 118 Å². The monoisotopic (exact) mass is 452 g/mol. The van der Waals surface area contributed by atoms with Crippen LogP contribution in [0.25, 0.3) is 33.5 Å². The summed E-state index contributed by atoms with van der Waals surface area (Å²) in [6.45, 7) is 3.96. The van der Waals surface area contributed by atoms with E-state index in [9.17, 15) is 0 Å². The zero-order chi connectivity index (χ0) is 23.7. The molecule has 0 amide bonds. The summed E-state index contributed by atoms with van der Waals surface area (Å²) in [5, 5.41) is 5.53. The number of hydrogen-bond acceptors (Lipinski definition) is 8. The van der Waals surface area contributed by atoms with Gasteiger partial charge in [0.2, 0.25) is 0 Å². The van der Waals surface area contributed by atoms with Gasteiger partial charge in [0.1, 0.15) is 28.5 Å². The average Bonchev–Trinajstić information content (AvgIpc) is 3.29. The van der Waals surface area contributed by atoms with Crippen molar-refractivity contribution < 1.29 is 4.74 Å². The first-order valence-corrected chi connectivity index (χ1v) is 10.8. The first-order chi connectivity index (χ1) is 16.4. The molecule has 0 aliphatic carbocycles. The van der Waals surface area contributed by atoms with E-state index in [4.69, 9.17) is 20.4 Å². The van der Waals surface area contributed by atoms with Crippen molar-refractivity contribution in [2.75, 3.05) is 5.73 Å². The molecule has 170 valence electrons. The highest BCUT2D eigenvalue weighted by Crippen LogP contribution is 2.32. The molecule has 4 heterocycles. The molecule has 0 radical (unpaired) electrons. The lowest BCUT2D eigenvalue weighted by molar-refractivity contribution is -0.0412. The molecule has 4 aromatic heterocycles. The van der Waals surface area contributed by atoms with Gasteiger partial charge >= 0.3 is 0 Å². The number of aryl methyl sites for hydroxylation is 1. The number of hydrogen-bond donors (Lipinski definition) is 1. The summed E-state index contributed by atoms with van der Waals surface area (Å²) in [5.74, 6) is 0.866. The standard InChI is InChI=1S/C25H24N8O/c1-25(2,24-28-11-5-12-29-24)34-15-20-23(26)31-22(19-9-13-33(3)32-19)21(30-20)17-7-8-18-16(14-17)6-4-10-27-18/h4-14H,15H2,1-3H3,(H2,26,31). The van der Waals surface area contributed by atoms with Crippen molar-refractivity contribution in [2.24, 2.45) is 7.05 Å². The SMILES string of the molecule is Cn1ccc(-c2nc(N)c(COC(C)(C)c3ncccn3)nc2-c2ccc3ncccc3c2)n1. The Morgan fingerprint density at radius 1 is 0.941 bits per heavy atom. The third-order valence-electron chi connectivity index (χ3n) is 5.51. The first-order valence-electron chi connectivity index (χ1n) is 10.8. The van der Waals surface area contributed by atoms with Crippen molar-refractivity contribution in [3.63, 3.8) is 0 Å². The largest absolute Gasteiger partial charge is 0.382 e. The number of anilines is 1. The average molecular weight is 453 g/mol. The Hall–Kier alpha value is -4.24. The van der Waals surface area contributed by atoms with Gasteiger partial charge in [0.15, 0.2) is 5.82 Å². The van der Waals surface area contributed by atoms with E-state index in [-0.39, 0.29) is 12.4 Å². The lowest BCUT2D eigenvalue weighted by Gasteiger charge is -2.23. The number of fused-ring (bicyclic) bond motifs is 1. The molecule has 9 nitrogen and oxygen atoms in total. The zero-order valence-corrected chi connectivity index (χ0v) is 19.2. The number of aromatic nitrogens is 7. The number of benzene rings is 1. The Balaban J connectivity index is 1.57. The molecule has 0 atom stereocenters. The number of pyridine rings is 1. The van der Waals surface area contributed by atoms with Gasteiger partial charge in [-0.1, -0.05) is 12.1 Å². The van der Waals surface area contributed by atoms with Crippen LogP contribution in [0.2, 0.25) is 0 Å². The van der Waals surface area contributed by atoms with E-state index >= 15 is 0 Å². The van der Waals surface area contributed by atoms with Crippen LogP contribution in [0, 0.1) is 0 Å². The maximum atomic E-state index is 6.34. The van der Waals surface area contributed by atoms with Crippen molar-refractivity contribution in [2.45, 2.75) is 26.1 Å².